The summed E-state index contributed by atoms with van der Waals surface area (Å²) in [5.74, 6) is 1.55. The molecule has 138 valence electrons. The highest BCUT2D eigenvalue weighted by atomic mass is 16.5. The van der Waals surface area contributed by atoms with Gasteiger partial charge in [-0.2, -0.15) is 0 Å². The van der Waals surface area contributed by atoms with E-state index < -0.39 is 0 Å². The molecule has 0 spiro atoms. The molecule has 1 unspecified atom stereocenters. The van der Waals surface area contributed by atoms with Gasteiger partial charge in [-0.25, -0.2) is 0 Å². The Morgan fingerprint density at radius 3 is 3.00 bits per heavy atom. The molecule has 2 aliphatic heterocycles. The number of fused-ring (bicyclic) bond motifs is 1. The number of piperazine rings is 1. The zero-order valence-electron chi connectivity index (χ0n) is 15.4. The van der Waals surface area contributed by atoms with Crippen LogP contribution in [0.4, 0.5) is 0 Å². The first kappa shape index (κ1) is 17.1. The highest BCUT2D eigenvalue weighted by molar-refractivity contribution is 5.94. The van der Waals surface area contributed by atoms with E-state index in [9.17, 15) is 4.79 Å². The molecule has 2 aromatic rings. The van der Waals surface area contributed by atoms with E-state index >= 15 is 0 Å². The Morgan fingerprint density at radius 2 is 2.19 bits per heavy atom. The van der Waals surface area contributed by atoms with Gasteiger partial charge in [0.2, 0.25) is 0 Å². The van der Waals surface area contributed by atoms with E-state index in [4.69, 9.17) is 9.26 Å². The molecule has 0 saturated carbocycles. The van der Waals surface area contributed by atoms with E-state index in [-0.39, 0.29) is 5.91 Å². The maximum atomic E-state index is 12.9. The molecule has 2 fully saturated rings. The molecular weight excluding hydrogens is 330 g/mol. The first-order valence-corrected chi connectivity index (χ1v) is 9.30. The fourth-order valence-corrected chi connectivity index (χ4v) is 3.94. The number of rotatable bonds is 4. The maximum absolute atomic E-state index is 12.9. The molecule has 0 N–H and O–H groups in total. The predicted octanol–water partition coefficient (Wildman–Crippen LogP) is 2.79. The Hall–Kier alpha value is -2.34. The van der Waals surface area contributed by atoms with Crippen LogP contribution < -0.4 is 4.74 Å². The number of carbonyl (C=O) groups excluding carboxylic acids is 1. The largest absolute Gasteiger partial charge is 0.489 e. The lowest BCUT2D eigenvalue weighted by Gasteiger charge is -2.37. The Labute approximate surface area is 153 Å². The van der Waals surface area contributed by atoms with Gasteiger partial charge in [0.1, 0.15) is 18.1 Å². The summed E-state index contributed by atoms with van der Waals surface area (Å²) in [5, 5.41) is 3.94. The average Bonchev–Trinajstić information content (AvgIpc) is 3.25. The van der Waals surface area contributed by atoms with Gasteiger partial charge in [-0.15, -0.1) is 0 Å². The molecule has 1 aromatic carbocycles. The quantitative estimate of drug-likeness (QED) is 0.844. The highest BCUT2D eigenvalue weighted by Crippen LogP contribution is 2.24. The van der Waals surface area contributed by atoms with Crippen LogP contribution in [0.25, 0.3) is 0 Å². The van der Waals surface area contributed by atoms with Gasteiger partial charge in [-0.1, -0.05) is 11.2 Å². The van der Waals surface area contributed by atoms with Crippen molar-refractivity contribution in [3.05, 3.63) is 46.8 Å². The second-order valence-corrected chi connectivity index (χ2v) is 7.20. The average molecular weight is 355 g/mol. The number of nitrogens with zero attached hydrogens (tertiary/aromatic N) is 3. The minimum Gasteiger partial charge on any atom is -0.489 e. The lowest BCUT2D eigenvalue weighted by molar-refractivity contribution is 0.0571. The number of hydrogen-bond acceptors (Lipinski definition) is 5. The molecule has 0 radical (unpaired) electrons. The normalized spacial score (nSPS) is 20.2. The zero-order valence-corrected chi connectivity index (χ0v) is 15.4. The summed E-state index contributed by atoms with van der Waals surface area (Å²) in [6.45, 7) is 7.97. The lowest BCUT2D eigenvalue weighted by Crippen LogP contribution is -2.52. The molecule has 26 heavy (non-hydrogen) atoms. The van der Waals surface area contributed by atoms with Crippen LogP contribution in [-0.2, 0) is 6.61 Å². The number of hydrogen-bond donors (Lipinski definition) is 0. The van der Waals surface area contributed by atoms with Crippen LogP contribution in [0.1, 0.15) is 40.2 Å². The first-order chi connectivity index (χ1) is 12.6. The van der Waals surface area contributed by atoms with Gasteiger partial charge in [0.25, 0.3) is 5.91 Å². The molecule has 4 rings (SSSR count). The van der Waals surface area contributed by atoms with E-state index in [1.807, 2.05) is 43.0 Å². The van der Waals surface area contributed by atoms with Gasteiger partial charge in [-0.05, 0) is 51.4 Å². The molecular formula is C20H25N3O3. The van der Waals surface area contributed by atoms with Crippen molar-refractivity contribution in [2.24, 2.45) is 0 Å². The molecule has 1 atom stereocenters. The van der Waals surface area contributed by atoms with Crippen molar-refractivity contribution in [3.8, 4) is 5.75 Å². The minimum absolute atomic E-state index is 0.0966. The monoisotopic (exact) mass is 355 g/mol. The molecule has 6 heteroatoms. The summed E-state index contributed by atoms with van der Waals surface area (Å²) in [7, 11) is 0. The van der Waals surface area contributed by atoms with Crippen LogP contribution in [0, 0.1) is 13.8 Å². The third-order valence-corrected chi connectivity index (χ3v) is 5.52. The van der Waals surface area contributed by atoms with Gasteiger partial charge in [0, 0.05) is 31.2 Å². The number of carbonyl (C=O) groups is 1. The third-order valence-electron chi connectivity index (χ3n) is 5.52. The Bertz CT molecular complexity index is 782. The van der Waals surface area contributed by atoms with E-state index in [0.717, 1.165) is 36.7 Å². The highest BCUT2D eigenvalue weighted by Gasteiger charge is 2.32. The molecule has 1 amide bonds. The van der Waals surface area contributed by atoms with Gasteiger partial charge in [0.05, 0.1) is 11.3 Å². The van der Waals surface area contributed by atoms with Crippen LogP contribution in [0.5, 0.6) is 5.75 Å². The molecule has 0 aliphatic carbocycles. The van der Waals surface area contributed by atoms with E-state index in [1.54, 1.807) is 0 Å². The van der Waals surface area contributed by atoms with Crippen LogP contribution in [0.3, 0.4) is 0 Å². The maximum Gasteiger partial charge on any atom is 0.254 e. The first-order valence-electron chi connectivity index (χ1n) is 9.30. The van der Waals surface area contributed by atoms with Gasteiger partial charge in [-0.3, -0.25) is 9.69 Å². The molecule has 2 aliphatic rings. The summed E-state index contributed by atoms with van der Waals surface area (Å²) in [5.41, 5.74) is 2.48. The molecule has 6 nitrogen and oxygen atoms in total. The Morgan fingerprint density at radius 1 is 1.31 bits per heavy atom. The predicted molar refractivity (Wildman–Crippen MR) is 97.2 cm³/mol. The number of benzene rings is 1. The lowest BCUT2D eigenvalue weighted by atomic mass is 10.1. The van der Waals surface area contributed by atoms with Crippen LogP contribution in [0.2, 0.25) is 0 Å². The van der Waals surface area contributed by atoms with Crippen molar-refractivity contribution in [2.75, 3.05) is 26.2 Å². The Balaban J connectivity index is 1.43. The summed E-state index contributed by atoms with van der Waals surface area (Å²) in [4.78, 5) is 17.4. The van der Waals surface area contributed by atoms with E-state index in [1.165, 1.54) is 19.4 Å². The van der Waals surface area contributed by atoms with Crippen LogP contribution >= 0.6 is 0 Å². The van der Waals surface area contributed by atoms with Crippen molar-refractivity contribution in [3.63, 3.8) is 0 Å². The Kier molecular flexibility index (Phi) is 4.68. The topological polar surface area (TPSA) is 58.8 Å². The second kappa shape index (κ2) is 7.11. The molecule has 3 heterocycles. The van der Waals surface area contributed by atoms with E-state index in [0.29, 0.717) is 24.0 Å². The van der Waals surface area contributed by atoms with Crippen LogP contribution in [0.15, 0.2) is 28.8 Å². The van der Waals surface area contributed by atoms with E-state index in [2.05, 4.69) is 10.1 Å². The van der Waals surface area contributed by atoms with Crippen molar-refractivity contribution < 1.29 is 14.1 Å². The fraction of sp³-hybridized carbons (Fsp3) is 0.500. The second-order valence-electron chi connectivity index (χ2n) is 7.20. The summed E-state index contributed by atoms with van der Waals surface area (Å²) < 4.78 is 11.0. The number of amides is 1. The van der Waals surface area contributed by atoms with Gasteiger partial charge in [0.15, 0.2) is 0 Å². The molecule has 2 saturated heterocycles. The van der Waals surface area contributed by atoms with Crippen molar-refractivity contribution in [1.82, 2.24) is 15.0 Å². The smallest absolute Gasteiger partial charge is 0.254 e. The minimum atomic E-state index is 0.0966. The number of aromatic nitrogens is 1. The number of aryl methyl sites for hydroxylation is 2. The van der Waals surface area contributed by atoms with Gasteiger partial charge < -0.3 is 14.2 Å². The number of ether oxygens (including phenoxy) is 1. The fourth-order valence-electron chi connectivity index (χ4n) is 3.94. The third kappa shape index (κ3) is 3.33. The van der Waals surface area contributed by atoms with Crippen molar-refractivity contribution in [1.29, 1.82) is 0 Å². The summed E-state index contributed by atoms with van der Waals surface area (Å²) >= 11 is 0. The van der Waals surface area contributed by atoms with Crippen molar-refractivity contribution >= 4 is 5.91 Å². The molecule has 0 bridgehead atoms. The van der Waals surface area contributed by atoms with Crippen LogP contribution in [-0.4, -0.2) is 53.1 Å². The summed E-state index contributed by atoms with van der Waals surface area (Å²) in [6.07, 6.45) is 2.45. The SMILES string of the molecule is Cc1noc(C)c1COc1cccc(C(=O)N2CCN3CCCC3C2)c1. The summed E-state index contributed by atoms with van der Waals surface area (Å²) in [6, 6.07) is 7.99. The zero-order chi connectivity index (χ0) is 18.1. The standard InChI is InChI=1S/C20H25N3O3/c1-14-19(15(2)26-21-14)13-25-18-7-3-5-16(11-18)20(24)23-10-9-22-8-4-6-17(22)12-23/h3,5,7,11,17H,4,6,8-10,12-13H2,1-2H3. The van der Waals surface area contributed by atoms with Gasteiger partial charge >= 0.3 is 0 Å². The molecule has 1 aromatic heterocycles. The van der Waals surface area contributed by atoms with Crippen molar-refractivity contribution in [2.45, 2.75) is 39.3 Å².